The maximum Gasteiger partial charge on any atom is 0.407 e. The van der Waals surface area contributed by atoms with Crippen molar-refractivity contribution in [2.45, 2.75) is 76.1 Å². The van der Waals surface area contributed by atoms with Gasteiger partial charge < -0.3 is 35.9 Å². The first-order chi connectivity index (χ1) is 25.2. The van der Waals surface area contributed by atoms with Crippen molar-refractivity contribution >= 4 is 41.1 Å². The van der Waals surface area contributed by atoms with E-state index in [1.54, 1.807) is 47.9 Å². The van der Waals surface area contributed by atoms with Crippen LogP contribution in [-0.4, -0.2) is 75.0 Å². The molecule has 2 aromatic carbocycles. The van der Waals surface area contributed by atoms with E-state index in [0.717, 1.165) is 21.7 Å². The van der Waals surface area contributed by atoms with Crippen molar-refractivity contribution in [3.05, 3.63) is 118 Å². The molecule has 0 bridgehead atoms. The molecule has 12 nitrogen and oxygen atoms in total. The molecule has 4 aromatic rings. The van der Waals surface area contributed by atoms with Crippen LogP contribution in [0.3, 0.4) is 0 Å². The summed E-state index contributed by atoms with van der Waals surface area (Å²) in [6.45, 7) is 4.84. The fraction of sp³-hybridized carbons (Fsp3) is 0.395. The molecule has 2 aromatic heterocycles. The highest BCUT2D eigenvalue weighted by atomic mass is 32.2. The maximum absolute atomic E-state index is 14.1. The van der Waals surface area contributed by atoms with E-state index in [4.69, 9.17) is 4.74 Å². The molecule has 14 heteroatoms. The zero-order valence-electron chi connectivity index (χ0n) is 29.8. The Bertz CT molecular complexity index is 1710. The Balaban J connectivity index is 1.27. The molecule has 5 rings (SSSR count). The first kappa shape index (κ1) is 38.4. The number of thiazole rings is 1. The Hall–Kier alpha value is -4.82. The summed E-state index contributed by atoms with van der Waals surface area (Å²) < 4.78 is 5.51. The minimum absolute atomic E-state index is 0.144. The molecule has 1 aliphatic rings. The first-order valence-electron chi connectivity index (χ1n) is 17.5. The van der Waals surface area contributed by atoms with Gasteiger partial charge in [-0.05, 0) is 48.1 Å². The van der Waals surface area contributed by atoms with Crippen molar-refractivity contribution in [1.29, 1.82) is 0 Å². The third-order valence-corrected chi connectivity index (χ3v) is 10.8. The lowest BCUT2D eigenvalue weighted by molar-refractivity contribution is -0.123. The molecule has 3 heterocycles. The minimum atomic E-state index is -0.875. The zero-order chi connectivity index (χ0) is 36.7. The lowest BCUT2D eigenvalue weighted by atomic mass is 9.95. The SMILES string of the molecule is CC(C)C1NC(CN(C)C(=O)N[C@@H](Cc2c[nH]cn2)C(=O)N[C@@H](CC[C@@H](Cc2ccccc2)NC(=O)OCc2cncs2)Cc2ccccc2)=CS1. The molecule has 276 valence electrons. The summed E-state index contributed by atoms with van der Waals surface area (Å²) in [6, 6.07) is 18.1. The van der Waals surface area contributed by atoms with Crippen LogP contribution < -0.4 is 21.3 Å². The summed E-state index contributed by atoms with van der Waals surface area (Å²) in [5.41, 5.74) is 5.46. The van der Waals surface area contributed by atoms with E-state index < -0.39 is 12.1 Å². The molecule has 0 spiro atoms. The summed E-state index contributed by atoms with van der Waals surface area (Å²) >= 11 is 3.14. The number of thioether (sulfide) groups is 1. The van der Waals surface area contributed by atoms with Crippen molar-refractivity contribution < 1.29 is 19.1 Å². The number of benzene rings is 2. The van der Waals surface area contributed by atoms with Gasteiger partial charge in [-0.1, -0.05) is 74.5 Å². The van der Waals surface area contributed by atoms with Crippen molar-refractivity contribution in [3.63, 3.8) is 0 Å². The van der Waals surface area contributed by atoms with Crippen molar-refractivity contribution in [1.82, 2.24) is 41.1 Å². The van der Waals surface area contributed by atoms with Gasteiger partial charge in [0.05, 0.1) is 34.3 Å². The number of aromatic nitrogens is 3. The summed E-state index contributed by atoms with van der Waals surface area (Å²) in [6.07, 6.45) is 6.95. The molecule has 1 unspecified atom stereocenters. The second-order valence-electron chi connectivity index (χ2n) is 13.3. The number of carbonyl (C=O) groups is 3. The number of rotatable bonds is 18. The molecule has 1 aliphatic heterocycles. The highest BCUT2D eigenvalue weighted by Gasteiger charge is 2.28. The molecule has 5 N–H and O–H groups in total. The molecule has 4 amide bonds. The molecule has 0 radical (unpaired) electrons. The van der Waals surface area contributed by atoms with E-state index >= 15 is 0 Å². The van der Waals surface area contributed by atoms with Crippen LogP contribution in [0.4, 0.5) is 9.59 Å². The number of imidazole rings is 1. The predicted octanol–water partition coefficient (Wildman–Crippen LogP) is 5.62. The Morgan fingerprint density at radius 2 is 1.60 bits per heavy atom. The second-order valence-corrected chi connectivity index (χ2v) is 15.2. The number of amides is 4. The maximum atomic E-state index is 14.1. The van der Waals surface area contributed by atoms with Crippen LogP contribution in [0.2, 0.25) is 0 Å². The van der Waals surface area contributed by atoms with Crippen LogP contribution in [-0.2, 0) is 35.4 Å². The number of aromatic amines is 1. The highest BCUT2D eigenvalue weighted by molar-refractivity contribution is 8.03. The number of ether oxygens (including phenoxy) is 1. The lowest BCUT2D eigenvalue weighted by Crippen LogP contribution is -2.54. The van der Waals surface area contributed by atoms with Crippen LogP contribution in [0, 0.1) is 5.92 Å². The van der Waals surface area contributed by atoms with Gasteiger partial charge in [-0.2, -0.15) is 0 Å². The Labute approximate surface area is 313 Å². The largest absolute Gasteiger partial charge is 0.444 e. The Morgan fingerprint density at radius 1 is 0.923 bits per heavy atom. The van der Waals surface area contributed by atoms with Gasteiger partial charge in [0.2, 0.25) is 5.91 Å². The summed E-state index contributed by atoms with van der Waals surface area (Å²) in [7, 11) is 1.72. The van der Waals surface area contributed by atoms with Crippen LogP contribution in [0.5, 0.6) is 0 Å². The highest BCUT2D eigenvalue weighted by Crippen LogP contribution is 2.26. The molecular weight excluding hydrogens is 697 g/mol. The van der Waals surface area contributed by atoms with Gasteiger partial charge in [0.1, 0.15) is 12.6 Å². The standard InChI is InChI=1S/C38H48N8O4S2/c1-26(2)36-43-32(23-51-36)21-46(3)37(48)45-34(18-31-19-39-24-41-31)35(47)42-29(16-27-10-6-4-7-11-27)14-15-30(17-28-12-8-5-9-13-28)44-38(49)50-22-33-20-40-25-52-33/h4-13,19-20,23-26,29-30,34,36,43H,14-18,21-22H2,1-3H3,(H,39,41)(H,42,47)(H,44,49)(H,45,48)/t29-,30-,34-,36?/m0/s1. The van der Waals surface area contributed by atoms with E-state index in [9.17, 15) is 14.4 Å². The number of hydrogen-bond acceptors (Lipinski definition) is 9. The van der Waals surface area contributed by atoms with Gasteiger partial charge in [0.15, 0.2) is 0 Å². The van der Waals surface area contributed by atoms with Gasteiger partial charge in [0, 0.05) is 43.6 Å². The fourth-order valence-electron chi connectivity index (χ4n) is 5.83. The van der Waals surface area contributed by atoms with Crippen LogP contribution in [0.1, 0.15) is 48.4 Å². The third-order valence-electron chi connectivity index (χ3n) is 8.64. The summed E-state index contributed by atoms with van der Waals surface area (Å²) in [5, 5.41) is 15.1. The molecular formula is C38H48N8O4S2. The topological polar surface area (TPSA) is 153 Å². The monoisotopic (exact) mass is 744 g/mol. The van der Waals surface area contributed by atoms with E-state index in [1.807, 2.05) is 60.7 Å². The molecule has 0 fully saturated rings. The number of hydrogen-bond donors (Lipinski definition) is 5. The van der Waals surface area contributed by atoms with E-state index in [-0.39, 0.29) is 42.4 Å². The predicted molar refractivity (Wildman–Crippen MR) is 205 cm³/mol. The lowest BCUT2D eigenvalue weighted by Gasteiger charge is -2.27. The molecule has 0 saturated carbocycles. The molecule has 4 atom stereocenters. The van der Waals surface area contributed by atoms with Crippen molar-refractivity contribution in [2.75, 3.05) is 13.6 Å². The number of urea groups is 1. The summed E-state index contributed by atoms with van der Waals surface area (Å²) in [4.78, 5) is 54.2. The fourth-order valence-corrected chi connectivity index (χ4v) is 7.32. The van der Waals surface area contributed by atoms with Gasteiger partial charge in [0.25, 0.3) is 0 Å². The third kappa shape index (κ3) is 12.4. The molecule has 52 heavy (non-hydrogen) atoms. The number of carbonyl (C=O) groups excluding carboxylic acids is 3. The second kappa shape index (κ2) is 19.7. The Kier molecular flexibility index (Phi) is 14.5. The average Bonchev–Trinajstić information content (AvgIpc) is 3.95. The number of nitrogens with zero attached hydrogens (tertiary/aromatic N) is 3. The van der Waals surface area contributed by atoms with E-state index in [1.165, 1.54) is 11.3 Å². The van der Waals surface area contributed by atoms with Gasteiger partial charge in [-0.15, -0.1) is 23.1 Å². The number of H-pyrrole nitrogens is 1. The molecule has 0 aliphatic carbocycles. The zero-order valence-corrected chi connectivity index (χ0v) is 31.4. The van der Waals surface area contributed by atoms with E-state index in [2.05, 4.69) is 55.5 Å². The normalized spacial score (nSPS) is 15.5. The van der Waals surface area contributed by atoms with Crippen LogP contribution in [0.25, 0.3) is 0 Å². The smallest absolute Gasteiger partial charge is 0.407 e. The number of alkyl carbamates (subject to hydrolysis) is 1. The van der Waals surface area contributed by atoms with Crippen molar-refractivity contribution in [3.8, 4) is 0 Å². The van der Waals surface area contributed by atoms with Gasteiger partial charge in [-0.25, -0.2) is 14.6 Å². The summed E-state index contributed by atoms with van der Waals surface area (Å²) in [5.74, 6) is 0.131. The number of likely N-dealkylation sites (N-methyl/N-ethyl adjacent to an activating group) is 1. The first-order valence-corrected chi connectivity index (χ1v) is 19.3. The molecule has 0 saturated heterocycles. The van der Waals surface area contributed by atoms with Crippen LogP contribution in [0.15, 0.2) is 96.0 Å². The minimum Gasteiger partial charge on any atom is -0.444 e. The van der Waals surface area contributed by atoms with Gasteiger partial charge in [-0.3, -0.25) is 9.78 Å². The quantitative estimate of drug-likeness (QED) is 0.0880. The van der Waals surface area contributed by atoms with Gasteiger partial charge >= 0.3 is 12.1 Å². The van der Waals surface area contributed by atoms with Crippen molar-refractivity contribution in [2.24, 2.45) is 5.92 Å². The average molecular weight is 745 g/mol. The Morgan fingerprint density at radius 3 is 2.17 bits per heavy atom. The van der Waals surface area contributed by atoms with Crippen LogP contribution >= 0.6 is 23.1 Å². The van der Waals surface area contributed by atoms with E-state index in [0.29, 0.717) is 43.8 Å². The number of nitrogens with one attached hydrogen (secondary N) is 5.